The Balaban J connectivity index is 1.40. The fourth-order valence-corrected chi connectivity index (χ4v) is 3.82. The minimum Gasteiger partial charge on any atom is -0.455 e. The van der Waals surface area contributed by atoms with Crippen LogP contribution in [0, 0.1) is 6.92 Å². The number of likely N-dealkylation sites (tertiary alicyclic amines) is 1. The SMILES string of the molecule is Cc1cccc(Oc2ccccc2NC(=O)N2CCC(c3ccnn3C)CC2)c1. The van der Waals surface area contributed by atoms with Gasteiger partial charge in [-0.3, -0.25) is 4.68 Å². The van der Waals surface area contributed by atoms with Crippen LogP contribution in [0.2, 0.25) is 0 Å². The highest BCUT2D eigenvalue weighted by molar-refractivity contribution is 5.91. The van der Waals surface area contributed by atoms with Crippen molar-refractivity contribution in [2.24, 2.45) is 7.05 Å². The van der Waals surface area contributed by atoms with Gasteiger partial charge in [-0.25, -0.2) is 4.79 Å². The summed E-state index contributed by atoms with van der Waals surface area (Å²) < 4.78 is 7.94. The van der Waals surface area contributed by atoms with Crippen LogP contribution in [0.25, 0.3) is 0 Å². The van der Waals surface area contributed by atoms with Gasteiger partial charge in [0.1, 0.15) is 5.75 Å². The average molecular weight is 390 g/mol. The quantitative estimate of drug-likeness (QED) is 0.687. The van der Waals surface area contributed by atoms with Crippen LogP contribution in [0.3, 0.4) is 0 Å². The van der Waals surface area contributed by atoms with Gasteiger partial charge in [0.15, 0.2) is 5.75 Å². The zero-order chi connectivity index (χ0) is 20.2. The number of carbonyl (C=O) groups is 1. The second kappa shape index (κ2) is 8.39. The normalized spacial score (nSPS) is 14.6. The van der Waals surface area contributed by atoms with Crippen molar-refractivity contribution in [3.05, 3.63) is 72.1 Å². The van der Waals surface area contributed by atoms with E-state index in [1.165, 1.54) is 5.69 Å². The second-order valence-electron chi connectivity index (χ2n) is 7.49. The average Bonchev–Trinajstić information content (AvgIpc) is 3.15. The molecule has 4 rings (SSSR count). The van der Waals surface area contributed by atoms with Gasteiger partial charge in [-0.1, -0.05) is 24.3 Å². The summed E-state index contributed by atoms with van der Waals surface area (Å²) in [5, 5.41) is 7.28. The molecular weight excluding hydrogens is 364 g/mol. The highest BCUT2D eigenvalue weighted by atomic mass is 16.5. The summed E-state index contributed by atoms with van der Waals surface area (Å²) >= 11 is 0. The number of nitrogens with zero attached hydrogens (tertiary/aromatic N) is 3. The van der Waals surface area contributed by atoms with E-state index in [1.807, 2.05) is 78.3 Å². The number of rotatable bonds is 4. The predicted molar refractivity (Wildman–Crippen MR) is 113 cm³/mol. The lowest BCUT2D eigenvalue weighted by molar-refractivity contribution is 0.193. The summed E-state index contributed by atoms with van der Waals surface area (Å²) in [5.41, 5.74) is 3.04. The van der Waals surface area contributed by atoms with Crippen LogP contribution in [0.1, 0.15) is 30.0 Å². The lowest BCUT2D eigenvalue weighted by Gasteiger charge is -2.32. The Morgan fingerprint density at radius 2 is 1.90 bits per heavy atom. The molecular formula is C23H26N4O2. The second-order valence-corrected chi connectivity index (χ2v) is 7.49. The number of nitrogens with one attached hydrogen (secondary N) is 1. The largest absolute Gasteiger partial charge is 0.455 e. The van der Waals surface area contributed by atoms with Crippen LogP contribution in [0.15, 0.2) is 60.8 Å². The molecule has 2 amide bonds. The number of piperidine rings is 1. The number of ether oxygens (including phenoxy) is 1. The van der Waals surface area contributed by atoms with Crippen LogP contribution in [-0.2, 0) is 7.05 Å². The summed E-state index contributed by atoms with van der Waals surface area (Å²) in [4.78, 5) is 14.7. The molecule has 1 N–H and O–H groups in total. The van der Waals surface area contributed by atoms with Crippen molar-refractivity contribution >= 4 is 11.7 Å². The van der Waals surface area contributed by atoms with Crippen LogP contribution in [0.5, 0.6) is 11.5 Å². The molecule has 0 saturated carbocycles. The van der Waals surface area contributed by atoms with Crippen molar-refractivity contribution in [2.75, 3.05) is 18.4 Å². The molecule has 29 heavy (non-hydrogen) atoms. The van der Waals surface area contributed by atoms with Crippen LogP contribution >= 0.6 is 0 Å². The lowest BCUT2D eigenvalue weighted by Crippen LogP contribution is -2.40. The Labute approximate surface area is 171 Å². The number of urea groups is 1. The molecule has 1 aliphatic rings. The number of amides is 2. The first-order valence-electron chi connectivity index (χ1n) is 9.97. The maximum Gasteiger partial charge on any atom is 0.321 e. The van der Waals surface area contributed by atoms with Gasteiger partial charge in [-0.2, -0.15) is 5.10 Å². The number of hydrogen-bond acceptors (Lipinski definition) is 3. The van der Waals surface area contributed by atoms with Crippen molar-refractivity contribution in [1.29, 1.82) is 0 Å². The molecule has 2 heterocycles. The molecule has 1 saturated heterocycles. The van der Waals surface area contributed by atoms with Gasteiger partial charge in [0.25, 0.3) is 0 Å². The van der Waals surface area contributed by atoms with E-state index in [1.54, 1.807) is 0 Å². The van der Waals surface area contributed by atoms with Gasteiger partial charge < -0.3 is 15.0 Å². The monoisotopic (exact) mass is 390 g/mol. The molecule has 1 fully saturated rings. The first-order valence-corrected chi connectivity index (χ1v) is 9.97. The minimum atomic E-state index is -0.0891. The van der Waals surface area contributed by atoms with E-state index in [9.17, 15) is 4.79 Å². The number of benzene rings is 2. The molecule has 1 aliphatic heterocycles. The Kier molecular flexibility index (Phi) is 5.51. The minimum absolute atomic E-state index is 0.0891. The van der Waals surface area contributed by atoms with Crippen molar-refractivity contribution in [3.8, 4) is 11.5 Å². The van der Waals surface area contributed by atoms with E-state index in [0.717, 1.165) is 37.2 Å². The highest BCUT2D eigenvalue weighted by Gasteiger charge is 2.25. The van der Waals surface area contributed by atoms with Crippen LogP contribution < -0.4 is 10.1 Å². The first-order chi connectivity index (χ1) is 14.1. The van der Waals surface area contributed by atoms with Gasteiger partial charge in [0, 0.05) is 37.9 Å². The van der Waals surface area contributed by atoms with E-state index in [0.29, 0.717) is 17.4 Å². The summed E-state index contributed by atoms with van der Waals surface area (Å²) in [5.74, 6) is 1.84. The highest BCUT2D eigenvalue weighted by Crippen LogP contribution is 2.31. The molecule has 150 valence electrons. The number of hydrogen-bond donors (Lipinski definition) is 1. The Hall–Kier alpha value is -3.28. The van der Waals surface area contributed by atoms with Crippen LogP contribution in [-0.4, -0.2) is 33.8 Å². The lowest BCUT2D eigenvalue weighted by atomic mass is 9.93. The number of aryl methyl sites for hydroxylation is 2. The topological polar surface area (TPSA) is 59.4 Å². The zero-order valence-electron chi connectivity index (χ0n) is 16.8. The fraction of sp³-hybridized carbons (Fsp3) is 0.304. The Morgan fingerprint density at radius 3 is 2.62 bits per heavy atom. The van der Waals surface area contributed by atoms with E-state index >= 15 is 0 Å². The summed E-state index contributed by atoms with van der Waals surface area (Å²) in [6.07, 6.45) is 3.71. The molecule has 0 aliphatic carbocycles. The molecule has 6 heteroatoms. The maximum absolute atomic E-state index is 12.8. The predicted octanol–water partition coefficient (Wildman–Crippen LogP) is 4.93. The maximum atomic E-state index is 12.8. The Bertz CT molecular complexity index is 990. The smallest absolute Gasteiger partial charge is 0.321 e. The standard InChI is InChI=1S/C23H26N4O2/c1-17-6-5-7-19(16-17)29-22-9-4-3-8-20(22)25-23(28)27-14-11-18(12-15-27)21-10-13-24-26(21)2/h3-10,13,16,18H,11-12,14-15H2,1-2H3,(H,25,28). The molecule has 0 bridgehead atoms. The van der Waals surface area contributed by atoms with E-state index in [4.69, 9.17) is 4.74 Å². The van der Waals surface area contributed by atoms with E-state index in [2.05, 4.69) is 16.5 Å². The number of anilines is 1. The fourth-order valence-electron chi connectivity index (χ4n) is 3.82. The summed E-state index contributed by atoms with van der Waals surface area (Å²) in [6, 6.07) is 17.4. The van der Waals surface area contributed by atoms with Gasteiger partial charge in [0.05, 0.1) is 5.69 Å². The van der Waals surface area contributed by atoms with Crippen LogP contribution in [0.4, 0.5) is 10.5 Å². The third-order valence-electron chi connectivity index (χ3n) is 5.41. The summed E-state index contributed by atoms with van der Waals surface area (Å²) in [7, 11) is 1.97. The first kappa shape index (κ1) is 19.1. The van der Waals surface area contributed by atoms with Crippen molar-refractivity contribution in [2.45, 2.75) is 25.7 Å². The van der Waals surface area contributed by atoms with Gasteiger partial charge in [-0.15, -0.1) is 0 Å². The van der Waals surface area contributed by atoms with Crippen molar-refractivity contribution in [3.63, 3.8) is 0 Å². The molecule has 6 nitrogen and oxygen atoms in total. The van der Waals surface area contributed by atoms with E-state index < -0.39 is 0 Å². The Morgan fingerprint density at radius 1 is 1.10 bits per heavy atom. The molecule has 1 aromatic heterocycles. The number of carbonyl (C=O) groups excluding carboxylic acids is 1. The van der Waals surface area contributed by atoms with Crippen molar-refractivity contribution in [1.82, 2.24) is 14.7 Å². The molecule has 3 aromatic rings. The number of aromatic nitrogens is 2. The molecule has 0 unspecified atom stereocenters. The van der Waals surface area contributed by atoms with Crippen molar-refractivity contribution < 1.29 is 9.53 Å². The number of para-hydroxylation sites is 2. The van der Waals surface area contributed by atoms with Gasteiger partial charge in [0.2, 0.25) is 0 Å². The van der Waals surface area contributed by atoms with E-state index in [-0.39, 0.29) is 6.03 Å². The summed E-state index contributed by atoms with van der Waals surface area (Å²) in [6.45, 7) is 3.47. The van der Waals surface area contributed by atoms with Gasteiger partial charge >= 0.3 is 6.03 Å². The third kappa shape index (κ3) is 4.42. The molecule has 2 aromatic carbocycles. The molecule has 0 spiro atoms. The third-order valence-corrected chi connectivity index (χ3v) is 5.41. The molecule has 0 atom stereocenters. The molecule has 0 radical (unpaired) electrons. The van der Waals surface area contributed by atoms with Gasteiger partial charge in [-0.05, 0) is 55.7 Å². The zero-order valence-corrected chi connectivity index (χ0v) is 16.8.